The maximum Gasteiger partial charge on any atom is 0.257 e. The lowest BCUT2D eigenvalue weighted by molar-refractivity contribution is -0.110. The number of nitrogens with one attached hydrogen (secondary N) is 2. The van der Waals surface area contributed by atoms with Crippen LogP contribution in [-0.2, 0) is 11.2 Å². The third kappa shape index (κ3) is 3.89. The van der Waals surface area contributed by atoms with Crippen LogP contribution in [0.25, 0.3) is 5.57 Å². The second kappa shape index (κ2) is 7.75. The number of hydrogen-bond donors (Lipinski definition) is 4. The molecule has 6 heteroatoms. The number of primary amides is 1. The van der Waals surface area contributed by atoms with E-state index in [1.54, 1.807) is 36.5 Å². The summed E-state index contributed by atoms with van der Waals surface area (Å²) in [4.78, 5) is 23.9. The molecule has 0 spiro atoms. The Kier molecular flexibility index (Phi) is 4.98. The minimum absolute atomic E-state index is 0.190. The summed E-state index contributed by atoms with van der Waals surface area (Å²) >= 11 is 0. The summed E-state index contributed by atoms with van der Waals surface area (Å²) in [6.45, 7) is 1.82. The lowest BCUT2D eigenvalue weighted by Gasteiger charge is -2.07. The number of fused-ring (bicyclic) bond motifs is 1. The van der Waals surface area contributed by atoms with Crippen molar-refractivity contribution in [2.75, 3.05) is 10.6 Å². The van der Waals surface area contributed by atoms with Crippen molar-refractivity contribution in [3.8, 4) is 5.75 Å². The van der Waals surface area contributed by atoms with E-state index in [0.717, 1.165) is 27.9 Å². The molecule has 0 fully saturated rings. The van der Waals surface area contributed by atoms with Gasteiger partial charge < -0.3 is 21.5 Å². The van der Waals surface area contributed by atoms with E-state index in [9.17, 15) is 14.7 Å². The van der Waals surface area contributed by atoms with Crippen molar-refractivity contribution in [3.05, 3.63) is 94.7 Å². The molecule has 1 heterocycles. The van der Waals surface area contributed by atoms with Crippen molar-refractivity contribution in [1.82, 2.24) is 0 Å². The zero-order chi connectivity index (χ0) is 21.3. The first-order chi connectivity index (χ1) is 14.4. The summed E-state index contributed by atoms with van der Waals surface area (Å²) in [5, 5.41) is 15.8. The quantitative estimate of drug-likeness (QED) is 0.490. The van der Waals surface area contributed by atoms with E-state index in [1.807, 2.05) is 37.3 Å². The zero-order valence-electron chi connectivity index (χ0n) is 16.4. The number of anilines is 2. The molecular formula is C24H21N3O3. The van der Waals surface area contributed by atoms with Gasteiger partial charge in [-0.15, -0.1) is 0 Å². The normalized spacial score (nSPS) is 13.8. The highest BCUT2D eigenvalue weighted by Gasteiger charge is 2.24. The molecule has 150 valence electrons. The minimum atomic E-state index is -0.459. The predicted octanol–water partition coefficient (Wildman–Crippen LogP) is 3.80. The van der Waals surface area contributed by atoms with Gasteiger partial charge in [0.05, 0.1) is 5.57 Å². The summed E-state index contributed by atoms with van der Waals surface area (Å²) in [6, 6.07) is 18.2. The summed E-state index contributed by atoms with van der Waals surface area (Å²) in [6.07, 6.45) is 2.25. The number of aromatic hydroxyl groups is 1. The Labute approximate surface area is 174 Å². The summed E-state index contributed by atoms with van der Waals surface area (Å²) in [5.41, 5.74) is 11.3. The first kappa shape index (κ1) is 19.3. The Morgan fingerprint density at radius 3 is 2.67 bits per heavy atom. The number of rotatable bonds is 5. The molecule has 0 bridgehead atoms. The number of nitrogens with two attached hydrogens (primary N) is 1. The van der Waals surface area contributed by atoms with Gasteiger partial charge in [-0.2, -0.15) is 0 Å². The molecule has 30 heavy (non-hydrogen) atoms. The van der Waals surface area contributed by atoms with Crippen LogP contribution in [0.3, 0.4) is 0 Å². The van der Waals surface area contributed by atoms with Crippen molar-refractivity contribution in [3.63, 3.8) is 0 Å². The minimum Gasteiger partial charge on any atom is -0.508 e. The highest BCUT2D eigenvalue weighted by Crippen LogP contribution is 2.33. The fraction of sp³-hybridized carbons (Fsp3) is 0.0833. The monoisotopic (exact) mass is 399 g/mol. The van der Waals surface area contributed by atoms with Gasteiger partial charge in [0.2, 0.25) is 5.91 Å². The van der Waals surface area contributed by atoms with Crippen LogP contribution >= 0.6 is 0 Å². The zero-order valence-corrected chi connectivity index (χ0v) is 16.4. The van der Waals surface area contributed by atoms with Crippen molar-refractivity contribution in [1.29, 1.82) is 0 Å². The Bertz CT molecular complexity index is 1200. The number of aryl methyl sites for hydroxylation is 1. The first-order valence-electron chi connectivity index (χ1n) is 9.50. The molecule has 0 saturated carbocycles. The van der Waals surface area contributed by atoms with E-state index in [1.165, 1.54) is 0 Å². The van der Waals surface area contributed by atoms with E-state index in [0.29, 0.717) is 23.2 Å². The third-order valence-corrected chi connectivity index (χ3v) is 5.08. The van der Waals surface area contributed by atoms with Gasteiger partial charge in [0.25, 0.3) is 5.91 Å². The molecule has 0 radical (unpaired) electrons. The summed E-state index contributed by atoms with van der Waals surface area (Å²) < 4.78 is 0. The van der Waals surface area contributed by atoms with Crippen molar-refractivity contribution < 1.29 is 14.7 Å². The van der Waals surface area contributed by atoms with Crippen LogP contribution in [0, 0.1) is 6.92 Å². The van der Waals surface area contributed by atoms with Crippen molar-refractivity contribution >= 4 is 28.8 Å². The Balaban J connectivity index is 1.60. The molecule has 5 N–H and O–H groups in total. The molecule has 2 amide bonds. The van der Waals surface area contributed by atoms with Gasteiger partial charge in [-0.1, -0.05) is 24.3 Å². The van der Waals surface area contributed by atoms with Gasteiger partial charge in [0.15, 0.2) is 0 Å². The molecule has 1 aliphatic heterocycles. The number of benzene rings is 3. The summed E-state index contributed by atoms with van der Waals surface area (Å²) in [5.74, 6) is -0.462. The number of phenolic OH excluding ortho intramolecular Hbond substituents is 1. The molecule has 1 aliphatic rings. The van der Waals surface area contributed by atoms with Crippen LogP contribution in [0.15, 0.2) is 66.9 Å². The Hall–Kier alpha value is -4.06. The Morgan fingerprint density at radius 1 is 1.10 bits per heavy atom. The van der Waals surface area contributed by atoms with Crippen molar-refractivity contribution in [2.24, 2.45) is 5.73 Å². The van der Waals surface area contributed by atoms with Gasteiger partial charge in [-0.05, 0) is 60.4 Å². The van der Waals surface area contributed by atoms with Crippen molar-refractivity contribution in [2.45, 2.75) is 13.3 Å². The fourth-order valence-electron chi connectivity index (χ4n) is 3.41. The number of carbonyl (C=O) groups excluding carboxylic acids is 2. The van der Waals surface area contributed by atoms with Crippen LogP contribution in [0.1, 0.15) is 32.6 Å². The molecule has 0 unspecified atom stereocenters. The van der Waals surface area contributed by atoms with Crippen LogP contribution in [0.5, 0.6) is 5.75 Å². The molecule has 0 aliphatic carbocycles. The standard InChI is InChI=1S/C24H21N3O3/c1-14-5-7-18(12-22(14)28)26-13-20-19-11-16(6-8-21(19)27-24(20)30)9-15-3-2-4-17(10-15)23(25)29/h2-8,10-13,26,28H,9H2,1H3,(H2,25,29)(H,27,30). The number of hydrogen-bond acceptors (Lipinski definition) is 4. The lowest BCUT2D eigenvalue weighted by atomic mass is 9.98. The highest BCUT2D eigenvalue weighted by atomic mass is 16.3. The average Bonchev–Trinajstić information content (AvgIpc) is 3.03. The molecule has 0 atom stereocenters. The molecule has 4 rings (SSSR count). The average molecular weight is 399 g/mol. The van der Waals surface area contributed by atoms with Crippen LogP contribution in [0.4, 0.5) is 11.4 Å². The van der Waals surface area contributed by atoms with Gasteiger partial charge >= 0.3 is 0 Å². The lowest BCUT2D eigenvalue weighted by Crippen LogP contribution is -2.11. The van der Waals surface area contributed by atoms with E-state index < -0.39 is 5.91 Å². The maximum atomic E-state index is 12.4. The molecule has 0 saturated heterocycles. The second-order valence-electron chi connectivity index (χ2n) is 7.28. The van der Waals surface area contributed by atoms with Gasteiger partial charge in [-0.3, -0.25) is 9.59 Å². The maximum absolute atomic E-state index is 12.4. The first-order valence-corrected chi connectivity index (χ1v) is 9.50. The number of carbonyl (C=O) groups is 2. The highest BCUT2D eigenvalue weighted by molar-refractivity contribution is 6.31. The smallest absolute Gasteiger partial charge is 0.257 e. The van der Waals surface area contributed by atoms with E-state index in [2.05, 4.69) is 10.6 Å². The van der Waals surface area contributed by atoms with E-state index >= 15 is 0 Å². The predicted molar refractivity (Wildman–Crippen MR) is 117 cm³/mol. The largest absolute Gasteiger partial charge is 0.508 e. The number of amides is 2. The Morgan fingerprint density at radius 2 is 1.90 bits per heavy atom. The fourth-order valence-corrected chi connectivity index (χ4v) is 3.41. The molecular weight excluding hydrogens is 378 g/mol. The molecule has 3 aromatic rings. The van der Waals surface area contributed by atoms with Gasteiger partial charge in [0.1, 0.15) is 5.75 Å². The van der Waals surface area contributed by atoms with Gasteiger partial charge in [0, 0.05) is 34.8 Å². The molecule has 6 nitrogen and oxygen atoms in total. The number of phenols is 1. The van der Waals surface area contributed by atoms with Crippen LogP contribution < -0.4 is 16.4 Å². The van der Waals surface area contributed by atoms with Crippen LogP contribution in [-0.4, -0.2) is 16.9 Å². The van der Waals surface area contributed by atoms with E-state index in [-0.39, 0.29) is 11.7 Å². The van der Waals surface area contributed by atoms with E-state index in [4.69, 9.17) is 5.73 Å². The summed E-state index contributed by atoms with van der Waals surface area (Å²) in [7, 11) is 0. The second-order valence-corrected chi connectivity index (χ2v) is 7.28. The molecule has 3 aromatic carbocycles. The molecule has 0 aromatic heterocycles. The topological polar surface area (TPSA) is 104 Å². The third-order valence-electron chi connectivity index (χ3n) is 5.08. The SMILES string of the molecule is Cc1ccc(NC=C2C(=O)Nc3ccc(Cc4cccc(C(N)=O)c4)cc32)cc1O. The van der Waals surface area contributed by atoms with Gasteiger partial charge in [-0.25, -0.2) is 0 Å². The van der Waals surface area contributed by atoms with Crippen LogP contribution in [0.2, 0.25) is 0 Å².